The van der Waals surface area contributed by atoms with Crippen LogP contribution in [0.4, 0.5) is 5.69 Å². The first-order valence-electron chi connectivity index (χ1n) is 13.4. The van der Waals surface area contributed by atoms with E-state index < -0.39 is 0 Å². The summed E-state index contributed by atoms with van der Waals surface area (Å²) in [5.41, 5.74) is 4.18. The highest BCUT2D eigenvalue weighted by Crippen LogP contribution is 2.44. The minimum Gasteiger partial charge on any atom is -0.344 e. The van der Waals surface area contributed by atoms with E-state index in [1.54, 1.807) is 58.9 Å². The second-order valence-corrected chi connectivity index (χ2v) is 12.5. The predicted octanol–water partition coefficient (Wildman–Crippen LogP) is 7.25. The van der Waals surface area contributed by atoms with Gasteiger partial charge in [-0.05, 0) is 53.9 Å². The SMILES string of the molecule is C=C/C=C(\C=C)N1CSC2=C(C#N)C(c3cccs3)CC(=O)N2C1.N#C/C(=C1/C(=O)Nc2ccc(Br)cc21)c1ccccn1. The Morgan fingerprint density at radius 3 is 2.66 bits per heavy atom. The Kier molecular flexibility index (Phi) is 9.61. The summed E-state index contributed by atoms with van der Waals surface area (Å²) < 4.78 is 0.851. The molecule has 218 valence electrons. The lowest BCUT2D eigenvalue weighted by Gasteiger charge is -2.42. The number of hydrogen-bond acceptors (Lipinski definition) is 8. The zero-order chi connectivity index (χ0) is 31.2. The monoisotopic (exact) mass is 680 g/mol. The number of thioether (sulfide) groups is 1. The molecule has 2 amide bonds. The van der Waals surface area contributed by atoms with Crippen LogP contribution in [0.5, 0.6) is 0 Å². The average Bonchev–Trinajstić information content (AvgIpc) is 3.69. The molecule has 0 spiro atoms. The molecule has 6 rings (SSSR count). The number of halogens is 1. The number of nitrogens with one attached hydrogen (secondary N) is 1. The van der Waals surface area contributed by atoms with Gasteiger partial charge in [0.2, 0.25) is 5.91 Å². The van der Waals surface area contributed by atoms with Gasteiger partial charge in [-0.3, -0.25) is 19.5 Å². The molecule has 5 heterocycles. The number of pyridine rings is 1. The van der Waals surface area contributed by atoms with Crippen molar-refractivity contribution in [1.82, 2.24) is 14.8 Å². The number of allylic oxidation sites excluding steroid dienone is 5. The maximum atomic E-state index is 12.7. The number of hydrogen-bond donors (Lipinski definition) is 1. The number of carbonyl (C=O) groups is 2. The normalized spacial score (nSPS) is 18.6. The van der Waals surface area contributed by atoms with Crippen molar-refractivity contribution in [3.63, 3.8) is 0 Å². The maximum Gasteiger partial charge on any atom is 0.257 e. The van der Waals surface area contributed by atoms with Gasteiger partial charge in [0, 0.05) is 44.8 Å². The van der Waals surface area contributed by atoms with Crippen LogP contribution in [0, 0.1) is 22.7 Å². The molecule has 0 aliphatic carbocycles. The second-order valence-electron chi connectivity index (χ2n) is 9.63. The topological polar surface area (TPSA) is 113 Å². The van der Waals surface area contributed by atoms with E-state index in [9.17, 15) is 20.1 Å². The summed E-state index contributed by atoms with van der Waals surface area (Å²) >= 11 is 6.51. The van der Waals surface area contributed by atoms with E-state index in [1.165, 1.54) is 11.8 Å². The zero-order valence-corrected chi connectivity index (χ0v) is 26.6. The van der Waals surface area contributed by atoms with E-state index in [0.29, 0.717) is 47.1 Å². The van der Waals surface area contributed by atoms with Crippen LogP contribution in [0.2, 0.25) is 0 Å². The number of nitriles is 2. The highest BCUT2D eigenvalue weighted by atomic mass is 79.9. The quantitative estimate of drug-likeness (QED) is 0.172. The van der Waals surface area contributed by atoms with Crippen LogP contribution >= 0.6 is 39.0 Å². The fourth-order valence-corrected chi connectivity index (χ4v) is 7.39. The molecular formula is C33H25BrN6O2S2. The van der Waals surface area contributed by atoms with Gasteiger partial charge in [-0.2, -0.15) is 10.5 Å². The molecule has 1 unspecified atom stereocenters. The van der Waals surface area contributed by atoms with E-state index in [0.717, 1.165) is 20.1 Å². The number of rotatable bonds is 5. The molecule has 3 aliphatic rings. The Morgan fingerprint density at radius 1 is 1.16 bits per heavy atom. The molecule has 1 N–H and O–H groups in total. The summed E-state index contributed by atoms with van der Waals surface area (Å²) in [6.45, 7) is 7.98. The molecule has 3 aromatic rings. The van der Waals surface area contributed by atoms with Crippen molar-refractivity contribution in [2.45, 2.75) is 12.3 Å². The van der Waals surface area contributed by atoms with Crippen molar-refractivity contribution < 1.29 is 9.59 Å². The minimum absolute atomic E-state index is 0.0571. The van der Waals surface area contributed by atoms with Gasteiger partial charge < -0.3 is 10.2 Å². The van der Waals surface area contributed by atoms with Crippen LogP contribution in [0.25, 0.3) is 11.1 Å². The number of fused-ring (bicyclic) bond motifs is 2. The van der Waals surface area contributed by atoms with Gasteiger partial charge in [-0.25, -0.2) is 0 Å². The van der Waals surface area contributed by atoms with E-state index in [4.69, 9.17) is 0 Å². The molecule has 8 nitrogen and oxygen atoms in total. The Bertz CT molecular complexity index is 1820. The number of carbonyl (C=O) groups excluding carboxylic acids is 2. The number of benzene rings is 1. The van der Waals surface area contributed by atoms with Crippen LogP contribution in [0.1, 0.15) is 28.5 Å². The lowest BCUT2D eigenvalue weighted by molar-refractivity contribution is -0.131. The van der Waals surface area contributed by atoms with Gasteiger partial charge in [0.15, 0.2) is 0 Å². The number of amides is 2. The fourth-order valence-electron chi connectivity index (χ4n) is 5.02. The smallest absolute Gasteiger partial charge is 0.257 e. The lowest BCUT2D eigenvalue weighted by Crippen LogP contribution is -2.46. The number of aromatic nitrogens is 1. The molecule has 0 bridgehead atoms. The van der Waals surface area contributed by atoms with Crippen LogP contribution in [0.3, 0.4) is 0 Å². The van der Waals surface area contributed by atoms with Crippen molar-refractivity contribution in [1.29, 1.82) is 10.5 Å². The van der Waals surface area contributed by atoms with Gasteiger partial charge in [-0.15, -0.1) is 11.3 Å². The first kappa shape index (κ1) is 30.8. The van der Waals surface area contributed by atoms with Crippen LogP contribution in [0.15, 0.2) is 112 Å². The average molecular weight is 682 g/mol. The van der Waals surface area contributed by atoms with Crippen LogP contribution < -0.4 is 5.32 Å². The largest absolute Gasteiger partial charge is 0.344 e. The van der Waals surface area contributed by atoms with Gasteiger partial charge >= 0.3 is 0 Å². The van der Waals surface area contributed by atoms with Crippen molar-refractivity contribution >= 4 is 67.7 Å². The molecule has 11 heteroatoms. The second kappa shape index (κ2) is 13.7. The number of anilines is 1. The number of thiophene rings is 1. The highest BCUT2D eigenvalue weighted by molar-refractivity contribution is 9.10. The number of nitrogens with zero attached hydrogens (tertiary/aromatic N) is 5. The summed E-state index contributed by atoms with van der Waals surface area (Å²) in [4.78, 5) is 33.9. The Balaban J connectivity index is 0.000000177. The maximum absolute atomic E-state index is 12.7. The fraction of sp³-hybridized carbons (Fsp3) is 0.121. The van der Waals surface area contributed by atoms with Crippen molar-refractivity contribution in [3.8, 4) is 12.1 Å². The molecular weight excluding hydrogens is 656 g/mol. The first-order valence-corrected chi connectivity index (χ1v) is 16.0. The van der Waals surface area contributed by atoms with E-state index in [-0.39, 0.29) is 23.3 Å². The highest BCUT2D eigenvalue weighted by Gasteiger charge is 2.38. The van der Waals surface area contributed by atoms with Crippen molar-refractivity contribution in [2.24, 2.45) is 0 Å². The van der Waals surface area contributed by atoms with Gasteiger partial charge in [-0.1, -0.05) is 59.1 Å². The summed E-state index contributed by atoms with van der Waals surface area (Å²) in [5, 5.41) is 24.6. The molecule has 3 aliphatic heterocycles. The van der Waals surface area contributed by atoms with Gasteiger partial charge in [0.1, 0.15) is 6.07 Å². The van der Waals surface area contributed by atoms with Crippen LogP contribution in [-0.4, -0.2) is 39.1 Å². The molecule has 0 saturated carbocycles. The molecule has 2 aromatic heterocycles. The molecule has 1 fully saturated rings. The van der Waals surface area contributed by atoms with E-state index >= 15 is 0 Å². The Morgan fingerprint density at radius 2 is 2.00 bits per heavy atom. The lowest BCUT2D eigenvalue weighted by atomic mass is 9.92. The molecule has 0 radical (unpaired) electrons. The van der Waals surface area contributed by atoms with Crippen molar-refractivity contribution in [2.75, 3.05) is 17.9 Å². The molecule has 44 heavy (non-hydrogen) atoms. The molecule has 1 atom stereocenters. The predicted molar refractivity (Wildman–Crippen MR) is 178 cm³/mol. The third-order valence-corrected chi connectivity index (χ3v) is 9.69. The zero-order valence-electron chi connectivity index (χ0n) is 23.4. The standard InChI is InChI=1S/C18H17N3OS2.C15H8BrN3O/c1-3-6-13(4-2)20-11-21-17(22)9-14(16-7-5-8-23-16)15(10-19)18(21)24-12-20;16-9-4-5-13-10(7-9)14(15(20)19-13)11(8-17)12-3-1-2-6-18-12/h3-8,14H,1-2,9,11-12H2;1-7H,(H,19,20)/b13-6+;14-11-. The third-order valence-electron chi connectivity index (χ3n) is 7.05. The summed E-state index contributed by atoms with van der Waals surface area (Å²) in [5.74, 6) is 0.338. The third kappa shape index (κ3) is 6.17. The van der Waals surface area contributed by atoms with Crippen LogP contribution in [-0.2, 0) is 9.59 Å². The molecule has 1 saturated heterocycles. The summed E-state index contributed by atoms with van der Waals surface area (Å²) in [7, 11) is 0. The van der Waals surface area contributed by atoms with Gasteiger partial charge in [0.05, 0.1) is 46.1 Å². The first-order chi connectivity index (χ1) is 21.4. The van der Waals surface area contributed by atoms with Crippen molar-refractivity contribution in [3.05, 3.63) is 128 Å². The Hall–Kier alpha value is -4.68. The summed E-state index contributed by atoms with van der Waals surface area (Å²) in [6.07, 6.45) is 7.28. The molecule has 1 aromatic carbocycles. The summed E-state index contributed by atoms with van der Waals surface area (Å²) in [6, 6.07) is 19.1. The minimum atomic E-state index is -0.277. The van der Waals surface area contributed by atoms with E-state index in [2.05, 4.69) is 56.4 Å². The Labute approximate surface area is 272 Å². The van der Waals surface area contributed by atoms with Gasteiger partial charge in [0.25, 0.3) is 5.91 Å². The van der Waals surface area contributed by atoms with E-state index in [1.807, 2.05) is 35.7 Å².